The summed E-state index contributed by atoms with van der Waals surface area (Å²) in [5, 5.41) is 0. The number of piperazine rings is 1. The first-order chi connectivity index (χ1) is 12.2. The molecule has 0 spiro atoms. The Hall–Kier alpha value is -2.56. The van der Waals surface area contributed by atoms with E-state index >= 15 is 0 Å². The quantitative estimate of drug-likeness (QED) is 0.837. The zero-order valence-electron chi connectivity index (χ0n) is 14.5. The van der Waals surface area contributed by atoms with Gasteiger partial charge in [0.05, 0.1) is 12.8 Å². The fourth-order valence-corrected chi connectivity index (χ4v) is 3.21. The highest BCUT2D eigenvalue weighted by molar-refractivity contribution is 5.77. The lowest BCUT2D eigenvalue weighted by atomic mass is 10.1. The van der Waals surface area contributed by atoms with Crippen LogP contribution in [0.1, 0.15) is 12.0 Å². The lowest BCUT2D eigenvalue weighted by molar-refractivity contribution is -0.131. The molecule has 5 heteroatoms. The van der Waals surface area contributed by atoms with Crippen LogP contribution >= 0.6 is 0 Å². The number of aryl methyl sites for hydroxylation is 1. The van der Waals surface area contributed by atoms with Gasteiger partial charge in [-0.15, -0.1) is 0 Å². The molecule has 0 aliphatic carbocycles. The number of benzene rings is 2. The number of hydrogen-bond donors (Lipinski definition) is 0. The highest BCUT2D eigenvalue weighted by atomic mass is 19.1. The summed E-state index contributed by atoms with van der Waals surface area (Å²) in [6.45, 7) is 2.56. The van der Waals surface area contributed by atoms with Crippen molar-refractivity contribution in [2.45, 2.75) is 12.8 Å². The number of ether oxygens (including phenoxy) is 1. The van der Waals surface area contributed by atoms with Gasteiger partial charge in [0.2, 0.25) is 5.91 Å². The molecule has 0 bridgehead atoms. The Balaban J connectivity index is 1.53. The smallest absolute Gasteiger partial charge is 0.223 e. The number of rotatable bonds is 5. The van der Waals surface area contributed by atoms with Crippen LogP contribution in [0.2, 0.25) is 0 Å². The molecule has 3 rings (SSSR count). The zero-order valence-corrected chi connectivity index (χ0v) is 14.5. The molecule has 0 N–H and O–H groups in total. The number of hydrogen-bond acceptors (Lipinski definition) is 3. The summed E-state index contributed by atoms with van der Waals surface area (Å²) in [6, 6.07) is 14.6. The largest absolute Gasteiger partial charge is 0.496 e. The number of amides is 1. The summed E-state index contributed by atoms with van der Waals surface area (Å²) in [7, 11) is 1.64. The van der Waals surface area contributed by atoms with Crippen LogP contribution < -0.4 is 9.64 Å². The summed E-state index contributed by atoms with van der Waals surface area (Å²) in [4.78, 5) is 16.3. The maximum Gasteiger partial charge on any atom is 0.223 e. The fraction of sp³-hybridized carbons (Fsp3) is 0.350. The third-order valence-corrected chi connectivity index (χ3v) is 4.63. The van der Waals surface area contributed by atoms with Crippen molar-refractivity contribution in [1.82, 2.24) is 4.90 Å². The molecule has 25 heavy (non-hydrogen) atoms. The molecule has 0 saturated carbocycles. The highest BCUT2D eigenvalue weighted by Gasteiger charge is 2.22. The first-order valence-corrected chi connectivity index (χ1v) is 8.58. The minimum absolute atomic E-state index is 0.138. The lowest BCUT2D eigenvalue weighted by Gasteiger charge is -2.36. The lowest BCUT2D eigenvalue weighted by Crippen LogP contribution is -2.49. The van der Waals surface area contributed by atoms with Gasteiger partial charge in [-0.3, -0.25) is 4.79 Å². The molecule has 0 atom stereocenters. The summed E-state index contributed by atoms with van der Waals surface area (Å²) < 4.78 is 19.2. The maximum absolute atomic E-state index is 13.9. The van der Waals surface area contributed by atoms with Gasteiger partial charge in [-0.05, 0) is 30.2 Å². The molecular weight excluding hydrogens is 319 g/mol. The molecule has 1 heterocycles. The van der Waals surface area contributed by atoms with Gasteiger partial charge in [0.1, 0.15) is 11.6 Å². The van der Waals surface area contributed by atoms with Crippen LogP contribution in [0.3, 0.4) is 0 Å². The van der Waals surface area contributed by atoms with Crippen molar-refractivity contribution in [3.63, 3.8) is 0 Å². The molecule has 1 aliphatic rings. The maximum atomic E-state index is 13.9. The number of halogens is 1. The van der Waals surface area contributed by atoms with Gasteiger partial charge in [-0.1, -0.05) is 30.3 Å². The van der Waals surface area contributed by atoms with Crippen molar-refractivity contribution in [2.75, 3.05) is 38.2 Å². The van der Waals surface area contributed by atoms with Crippen LogP contribution in [0.5, 0.6) is 5.75 Å². The van der Waals surface area contributed by atoms with Crippen LogP contribution in [-0.2, 0) is 11.2 Å². The Morgan fingerprint density at radius 1 is 1.04 bits per heavy atom. The molecule has 1 fully saturated rings. The van der Waals surface area contributed by atoms with E-state index in [2.05, 4.69) is 0 Å². The molecule has 0 radical (unpaired) electrons. The summed E-state index contributed by atoms with van der Waals surface area (Å²) in [5.74, 6) is 0.747. The fourth-order valence-electron chi connectivity index (χ4n) is 3.21. The second-order valence-corrected chi connectivity index (χ2v) is 6.13. The van der Waals surface area contributed by atoms with E-state index in [1.54, 1.807) is 19.2 Å². The van der Waals surface area contributed by atoms with Crippen LogP contribution in [0.4, 0.5) is 10.1 Å². The summed E-state index contributed by atoms with van der Waals surface area (Å²) in [5.41, 5.74) is 1.66. The Bertz CT molecular complexity index is 727. The van der Waals surface area contributed by atoms with Crippen molar-refractivity contribution in [2.24, 2.45) is 0 Å². The van der Waals surface area contributed by atoms with Gasteiger partial charge < -0.3 is 14.5 Å². The van der Waals surface area contributed by atoms with E-state index in [1.165, 1.54) is 6.07 Å². The normalized spacial score (nSPS) is 14.5. The number of para-hydroxylation sites is 2. The van der Waals surface area contributed by atoms with Crippen LogP contribution in [0.25, 0.3) is 0 Å². The van der Waals surface area contributed by atoms with Crippen molar-refractivity contribution in [3.05, 3.63) is 59.9 Å². The number of carbonyl (C=O) groups is 1. The predicted molar refractivity (Wildman–Crippen MR) is 96.5 cm³/mol. The van der Waals surface area contributed by atoms with Gasteiger partial charge in [-0.2, -0.15) is 0 Å². The topological polar surface area (TPSA) is 32.8 Å². The highest BCUT2D eigenvalue weighted by Crippen LogP contribution is 2.22. The third kappa shape index (κ3) is 4.10. The summed E-state index contributed by atoms with van der Waals surface area (Å²) >= 11 is 0. The van der Waals surface area contributed by atoms with E-state index in [9.17, 15) is 9.18 Å². The van der Waals surface area contributed by atoms with Crippen molar-refractivity contribution in [3.8, 4) is 5.75 Å². The van der Waals surface area contributed by atoms with Crippen molar-refractivity contribution < 1.29 is 13.9 Å². The third-order valence-electron chi connectivity index (χ3n) is 4.63. The minimum Gasteiger partial charge on any atom is -0.496 e. The average Bonchev–Trinajstić information content (AvgIpc) is 2.67. The number of nitrogens with zero attached hydrogens (tertiary/aromatic N) is 2. The van der Waals surface area contributed by atoms with Gasteiger partial charge in [0, 0.05) is 32.6 Å². The van der Waals surface area contributed by atoms with E-state index in [1.807, 2.05) is 40.1 Å². The molecule has 0 unspecified atom stereocenters. The second-order valence-electron chi connectivity index (χ2n) is 6.13. The van der Waals surface area contributed by atoms with Crippen molar-refractivity contribution in [1.29, 1.82) is 0 Å². The first-order valence-electron chi connectivity index (χ1n) is 8.58. The summed E-state index contributed by atoms with van der Waals surface area (Å²) in [6.07, 6.45) is 1.12. The standard InChI is InChI=1S/C20H23FN2O2/c1-25-19-9-5-2-6-16(19)10-11-20(24)23-14-12-22(13-15-23)18-8-4-3-7-17(18)21/h2-9H,10-15H2,1H3. The Morgan fingerprint density at radius 2 is 1.72 bits per heavy atom. The van der Waals surface area contributed by atoms with Crippen LogP contribution in [0, 0.1) is 5.82 Å². The van der Waals surface area contributed by atoms with E-state index in [4.69, 9.17) is 4.74 Å². The zero-order chi connectivity index (χ0) is 17.6. The van der Waals surface area contributed by atoms with Crippen molar-refractivity contribution >= 4 is 11.6 Å². The van der Waals surface area contributed by atoms with Gasteiger partial charge in [-0.25, -0.2) is 4.39 Å². The van der Waals surface area contributed by atoms with Gasteiger partial charge >= 0.3 is 0 Å². The monoisotopic (exact) mass is 342 g/mol. The molecule has 1 aliphatic heterocycles. The van der Waals surface area contributed by atoms with E-state index in [0.717, 1.165) is 11.3 Å². The molecule has 1 saturated heterocycles. The molecular formula is C20H23FN2O2. The molecule has 132 valence electrons. The molecule has 2 aromatic carbocycles. The Kier molecular flexibility index (Phi) is 5.53. The van der Waals surface area contributed by atoms with Crippen LogP contribution in [0.15, 0.2) is 48.5 Å². The first kappa shape index (κ1) is 17.3. The van der Waals surface area contributed by atoms with E-state index in [-0.39, 0.29) is 11.7 Å². The van der Waals surface area contributed by atoms with E-state index in [0.29, 0.717) is 44.7 Å². The minimum atomic E-state index is -0.210. The molecule has 0 aromatic heterocycles. The molecule has 1 amide bonds. The second kappa shape index (κ2) is 8.01. The Labute approximate surface area is 147 Å². The SMILES string of the molecule is COc1ccccc1CCC(=O)N1CCN(c2ccccc2F)CC1. The van der Waals surface area contributed by atoms with E-state index < -0.39 is 0 Å². The predicted octanol–water partition coefficient (Wildman–Crippen LogP) is 3.12. The number of anilines is 1. The Morgan fingerprint density at radius 3 is 2.44 bits per heavy atom. The number of carbonyl (C=O) groups excluding carboxylic acids is 1. The molecule has 2 aromatic rings. The number of methoxy groups -OCH3 is 1. The average molecular weight is 342 g/mol. The molecule has 4 nitrogen and oxygen atoms in total. The van der Waals surface area contributed by atoms with Gasteiger partial charge in [0.25, 0.3) is 0 Å². The van der Waals surface area contributed by atoms with Gasteiger partial charge in [0.15, 0.2) is 0 Å². The van der Waals surface area contributed by atoms with Crippen LogP contribution in [-0.4, -0.2) is 44.1 Å².